The lowest BCUT2D eigenvalue weighted by Crippen LogP contribution is -2.06. The minimum atomic E-state index is -4.52. The number of alkyl halides is 3. The second-order valence-electron chi connectivity index (χ2n) is 7.42. The monoisotopic (exact) mass is 450 g/mol. The van der Waals surface area contributed by atoms with Gasteiger partial charge in [0.15, 0.2) is 5.78 Å². The van der Waals surface area contributed by atoms with Crippen molar-refractivity contribution in [2.45, 2.75) is 13.1 Å². The van der Waals surface area contributed by atoms with E-state index in [9.17, 15) is 22.4 Å². The van der Waals surface area contributed by atoms with Crippen LogP contribution in [0.15, 0.2) is 78.9 Å². The Bertz CT molecular complexity index is 1360. The standard InChI is InChI=1S/C26H18F4N2O/c1-16(33)10-12-21-24(17-6-3-2-4-7-17)32-23-13-11-19(27)15-22(23)25(21)31-20-9-5-8-18(14-20)26(28,29)30/h2-15H,1H3,(H,31,32)/b12-10+. The van der Waals surface area contributed by atoms with Gasteiger partial charge >= 0.3 is 6.18 Å². The van der Waals surface area contributed by atoms with Gasteiger partial charge in [-0.25, -0.2) is 9.37 Å². The minimum absolute atomic E-state index is 0.165. The molecule has 0 atom stereocenters. The highest BCUT2D eigenvalue weighted by Crippen LogP contribution is 2.38. The number of hydrogen-bond acceptors (Lipinski definition) is 3. The summed E-state index contributed by atoms with van der Waals surface area (Å²) in [6.07, 6.45) is -1.64. The first kappa shape index (κ1) is 22.2. The van der Waals surface area contributed by atoms with Crippen LogP contribution in [0.1, 0.15) is 18.1 Å². The van der Waals surface area contributed by atoms with Gasteiger partial charge in [-0.1, -0.05) is 36.4 Å². The fourth-order valence-corrected chi connectivity index (χ4v) is 3.48. The first-order chi connectivity index (χ1) is 15.7. The summed E-state index contributed by atoms with van der Waals surface area (Å²) in [7, 11) is 0. The molecule has 0 bridgehead atoms. The van der Waals surface area contributed by atoms with Gasteiger partial charge in [-0.05, 0) is 55.5 Å². The molecule has 0 aliphatic rings. The van der Waals surface area contributed by atoms with Gasteiger partial charge in [0, 0.05) is 22.2 Å². The van der Waals surface area contributed by atoms with Crippen LogP contribution in [0.25, 0.3) is 28.2 Å². The van der Waals surface area contributed by atoms with Crippen LogP contribution in [0.4, 0.5) is 28.9 Å². The van der Waals surface area contributed by atoms with Crippen LogP contribution in [0.2, 0.25) is 0 Å². The molecule has 166 valence electrons. The van der Waals surface area contributed by atoms with Gasteiger partial charge in [0.2, 0.25) is 0 Å². The number of nitrogens with zero attached hydrogens (tertiary/aromatic N) is 1. The number of carbonyl (C=O) groups is 1. The van der Waals surface area contributed by atoms with Crippen molar-refractivity contribution < 1.29 is 22.4 Å². The Morgan fingerprint density at radius 3 is 2.42 bits per heavy atom. The summed E-state index contributed by atoms with van der Waals surface area (Å²) in [6.45, 7) is 1.38. The summed E-state index contributed by atoms with van der Waals surface area (Å²) in [5, 5.41) is 3.39. The molecular formula is C26H18F4N2O. The average Bonchev–Trinajstić information content (AvgIpc) is 2.78. The number of pyridine rings is 1. The van der Waals surface area contributed by atoms with Gasteiger partial charge in [-0.15, -0.1) is 0 Å². The van der Waals surface area contributed by atoms with Crippen molar-refractivity contribution in [3.05, 3.63) is 95.8 Å². The Morgan fingerprint density at radius 1 is 0.970 bits per heavy atom. The number of anilines is 2. The van der Waals surface area contributed by atoms with Crippen LogP contribution >= 0.6 is 0 Å². The molecule has 33 heavy (non-hydrogen) atoms. The molecule has 4 aromatic rings. The van der Waals surface area contributed by atoms with Crippen molar-refractivity contribution in [3.8, 4) is 11.3 Å². The largest absolute Gasteiger partial charge is 0.416 e. The van der Waals surface area contributed by atoms with Gasteiger partial charge in [0.25, 0.3) is 0 Å². The second-order valence-corrected chi connectivity index (χ2v) is 7.42. The molecule has 0 radical (unpaired) electrons. The molecule has 1 N–H and O–H groups in total. The average molecular weight is 450 g/mol. The summed E-state index contributed by atoms with van der Waals surface area (Å²) >= 11 is 0. The predicted molar refractivity (Wildman–Crippen MR) is 122 cm³/mol. The lowest BCUT2D eigenvalue weighted by molar-refractivity contribution is -0.137. The van der Waals surface area contributed by atoms with Crippen molar-refractivity contribution >= 4 is 34.1 Å². The van der Waals surface area contributed by atoms with Crippen LogP contribution < -0.4 is 5.32 Å². The summed E-state index contributed by atoms with van der Waals surface area (Å²) in [5.74, 6) is -0.747. The minimum Gasteiger partial charge on any atom is -0.354 e. The molecule has 0 spiro atoms. The summed E-state index contributed by atoms with van der Waals surface area (Å²) in [6, 6.07) is 17.9. The number of aromatic nitrogens is 1. The van der Waals surface area contributed by atoms with Crippen LogP contribution in [-0.4, -0.2) is 10.8 Å². The Morgan fingerprint density at radius 2 is 1.73 bits per heavy atom. The smallest absolute Gasteiger partial charge is 0.354 e. The van der Waals surface area contributed by atoms with Gasteiger partial charge in [0.05, 0.1) is 22.5 Å². The molecule has 1 aromatic heterocycles. The molecule has 0 aliphatic carbocycles. The number of hydrogen-bond donors (Lipinski definition) is 1. The van der Waals surface area contributed by atoms with Crippen LogP contribution in [0.5, 0.6) is 0 Å². The summed E-state index contributed by atoms with van der Waals surface area (Å²) < 4.78 is 53.9. The number of nitrogens with one attached hydrogen (secondary N) is 1. The van der Waals surface area contributed by atoms with E-state index < -0.39 is 17.6 Å². The van der Waals surface area contributed by atoms with E-state index in [1.807, 2.05) is 30.3 Å². The van der Waals surface area contributed by atoms with Crippen molar-refractivity contribution in [2.75, 3.05) is 5.32 Å². The number of rotatable bonds is 5. The van der Waals surface area contributed by atoms with Crippen molar-refractivity contribution in [2.24, 2.45) is 0 Å². The number of ketones is 1. The van der Waals surface area contributed by atoms with Gasteiger partial charge in [0.1, 0.15) is 5.82 Å². The highest BCUT2D eigenvalue weighted by atomic mass is 19.4. The molecule has 0 unspecified atom stereocenters. The molecule has 0 amide bonds. The van der Waals surface area contributed by atoms with E-state index in [1.165, 1.54) is 49.4 Å². The molecule has 4 rings (SSSR count). The van der Waals surface area contributed by atoms with E-state index in [-0.39, 0.29) is 11.5 Å². The van der Waals surface area contributed by atoms with E-state index in [4.69, 9.17) is 0 Å². The maximum absolute atomic E-state index is 14.2. The number of carbonyl (C=O) groups excluding carboxylic acids is 1. The Hall–Kier alpha value is -4.00. The molecule has 0 fully saturated rings. The normalized spacial score (nSPS) is 11.8. The van der Waals surface area contributed by atoms with Crippen molar-refractivity contribution in [1.82, 2.24) is 4.98 Å². The second kappa shape index (κ2) is 8.86. The van der Waals surface area contributed by atoms with Gasteiger partial charge in [-0.2, -0.15) is 13.2 Å². The number of halogens is 4. The zero-order valence-corrected chi connectivity index (χ0v) is 17.5. The van der Waals surface area contributed by atoms with Crippen LogP contribution in [0.3, 0.4) is 0 Å². The Balaban J connectivity index is 2.01. The van der Waals surface area contributed by atoms with Crippen LogP contribution in [0, 0.1) is 5.82 Å². The zero-order valence-electron chi connectivity index (χ0n) is 17.5. The molecule has 0 saturated carbocycles. The first-order valence-electron chi connectivity index (χ1n) is 10.0. The maximum atomic E-state index is 14.2. The molecule has 3 nitrogen and oxygen atoms in total. The van der Waals surface area contributed by atoms with Gasteiger partial charge in [-0.3, -0.25) is 4.79 Å². The predicted octanol–water partition coefficient (Wildman–Crippen LogP) is 7.41. The fraction of sp³-hybridized carbons (Fsp3) is 0.0769. The van der Waals surface area contributed by atoms with E-state index in [1.54, 1.807) is 0 Å². The van der Waals surface area contributed by atoms with E-state index >= 15 is 0 Å². The highest BCUT2D eigenvalue weighted by Gasteiger charge is 2.30. The molecule has 0 saturated heterocycles. The van der Waals surface area contributed by atoms with Crippen molar-refractivity contribution in [3.63, 3.8) is 0 Å². The lowest BCUT2D eigenvalue weighted by atomic mass is 9.99. The quantitative estimate of drug-likeness (QED) is 0.254. The van der Waals surface area contributed by atoms with Gasteiger partial charge < -0.3 is 5.32 Å². The molecular weight excluding hydrogens is 432 g/mol. The van der Waals surface area contributed by atoms with Crippen LogP contribution in [-0.2, 0) is 11.0 Å². The summed E-state index contributed by atoms with van der Waals surface area (Å²) in [5.41, 5.74) is 1.83. The molecule has 3 aromatic carbocycles. The Labute approximate surface area is 187 Å². The third-order valence-corrected chi connectivity index (χ3v) is 4.98. The Kier molecular flexibility index (Phi) is 5.96. The number of fused-ring (bicyclic) bond motifs is 1. The number of allylic oxidation sites excluding steroid dienone is 1. The zero-order chi connectivity index (χ0) is 23.6. The highest BCUT2D eigenvalue weighted by molar-refractivity contribution is 6.03. The number of benzene rings is 3. The first-order valence-corrected chi connectivity index (χ1v) is 10.0. The lowest BCUT2D eigenvalue weighted by Gasteiger charge is -2.18. The van der Waals surface area contributed by atoms with E-state index in [0.717, 1.165) is 17.7 Å². The van der Waals surface area contributed by atoms with E-state index in [0.29, 0.717) is 27.8 Å². The summed E-state index contributed by atoms with van der Waals surface area (Å²) in [4.78, 5) is 16.4. The SMILES string of the molecule is CC(=O)/C=C/c1c(-c2ccccc2)nc2ccc(F)cc2c1Nc1cccc(C(F)(F)F)c1. The third kappa shape index (κ3) is 4.92. The molecule has 7 heteroatoms. The fourth-order valence-electron chi connectivity index (χ4n) is 3.48. The molecule has 1 heterocycles. The topological polar surface area (TPSA) is 42.0 Å². The maximum Gasteiger partial charge on any atom is 0.416 e. The third-order valence-electron chi connectivity index (χ3n) is 4.98. The molecule has 0 aliphatic heterocycles. The van der Waals surface area contributed by atoms with E-state index in [2.05, 4.69) is 10.3 Å². The van der Waals surface area contributed by atoms with Crippen molar-refractivity contribution in [1.29, 1.82) is 0 Å².